The minimum absolute atomic E-state index is 0.0204. The molecule has 172 valence electrons. The lowest BCUT2D eigenvalue weighted by molar-refractivity contribution is 0.0503. The average molecular weight is 443 g/mol. The van der Waals surface area contributed by atoms with E-state index in [-0.39, 0.29) is 29.3 Å². The summed E-state index contributed by atoms with van der Waals surface area (Å²) >= 11 is 0. The van der Waals surface area contributed by atoms with Crippen molar-refractivity contribution in [3.8, 4) is 6.07 Å². The summed E-state index contributed by atoms with van der Waals surface area (Å²) in [5.74, 6) is -0.467. The van der Waals surface area contributed by atoms with Crippen molar-refractivity contribution in [3.63, 3.8) is 0 Å². The lowest BCUT2D eigenvalue weighted by Crippen LogP contribution is -2.46. The van der Waals surface area contributed by atoms with Crippen molar-refractivity contribution in [1.29, 1.82) is 5.26 Å². The SMILES string of the molecule is CC[C@@H](Nc1nc(Nc2cnc(C)c(C)c2)c(C#N)cc1F)[C@H](C)NC(=O)OC(C)(C)C. The van der Waals surface area contributed by atoms with Crippen molar-refractivity contribution in [1.82, 2.24) is 15.3 Å². The topological polar surface area (TPSA) is 112 Å². The Labute approximate surface area is 188 Å². The third-order valence-corrected chi connectivity index (χ3v) is 4.81. The van der Waals surface area contributed by atoms with Gasteiger partial charge in [-0.05, 0) is 65.7 Å². The Morgan fingerprint density at radius 3 is 2.53 bits per heavy atom. The van der Waals surface area contributed by atoms with Crippen LogP contribution in [0.1, 0.15) is 57.9 Å². The summed E-state index contributed by atoms with van der Waals surface area (Å²) in [7, 11) is 0. The maximum absolute atomic E-state index is 14.7. The van der Waals surface area contributed by atoms with Crippen molar-refractivity contribution < 1.29 is 13.9 Å². The molecule has 1 amide bonds. The lowest BCUT2D eigenvalue weighted by Gasteiger charge is -2.27. The van der Waals surface area contributed by atoms with Crippen LogP contribution in [0.25, 0.3) is 0 Å². The molecule has 9 heteroatoms. The highest BCUT2D eigenvalue weighted by atomic mass is 19.1. The molecule has 0 fully saturated rings. The van der Waals surface area contributed by atoms with Crippen molar-refractivity contribution >= 4 is 23.4 Å². The normalized spacial score (nSPS) is 13.0. The number of aromatic nitrogens is 2. The zero-order valence-electron chi connectivity index (χ0n) is 19.6. The highest BCUT2D eigenvalue weighted by Gasteiger charge is 2.23. The number of nitrogens with one attached hydrogen (secondary N) is 3. The number of hydrogen-bond acceptors (Lipinski definition) is 7. The Bertz CT molecular complexity index is 1010. The predicted octanol–water partition coefficient (Wildman–Crippen LogP) is 4.95. The van der Waals surface area contributed by atoms with Crippen LogP contribution in [0.3, 0.4) is 0 Å². The van der Waals surface area contributed by atoms with Crippen LogP contribution in [0, 0.1) is 31.0 Å². The lowest BCUT2D eigenvalue weighted by atomic mass is 10.1. The van der Waals surface area contributed by atoms with Crippen LogP contribution in [-0.2, 0) is 4.74 Å². The second-order valence-electron chi connectivity index (χ2n) is 8.67. The van der Waals surface area contributed by atoms with Gasteiger partial charge >= 0.3 is 6.09 Å². The smallest absolute Gasteiger partial charge is 0.407 e. The number of rotatable bonds is 7. The molecule has 0 aliphatic carbocycles. The first kappa shape index (κ1) is 24.9. The fraction of sp³-hybridized carbons (Fsp3) is 0.478. The van der Waals surface area contributed by atoms with Gasteiger partial charge in [0.25, 0.3) is 0 Å². The van der Waals surface area contributed by atoms with Crippen molar-refractivity contribution in [2.24, 2.45) is 0 Å². The minimum atomic E-state index is -0.659. The van der Waals surface area contributed by atoms with E-state index in [2.05, 4.69) is 25.9 Å². The molecule has 0 saturated carbocycles. The van der Waals surface area contributed by atoms with Crippen LogP contribution >= 0.6 is 0 Å². The molecule has 2 atom stereocenters. The van der Waals surface area contributed by atoms with E-state index in [1.165, 1.54) is 0 Å². The largest absolute Gasteiger partial charge is 0.444 e. The molecule has 32 heavy (non-hydrogen) atoms. The van der Waals surface area contributed by atoms with E-state index in [1.54, 1.807) is 33.9 Å². The summed E-state index contributed by atoms with van der Waals surface area (Å²) < 4.78 is 20.0. The number of hydrogen-bond donors (Lipinski definition) is 3. The molecular weight excluding hydrogens is 411 g/mol. The maximum Gasteiger partial charge on any atom is 0.407 e. The van der Waals surface area contributed by atoms with Gasteiger partial charge in [-0.3, -0.25) is 4.98 Å². The molecule has 0 unspecified atom stereocenters. The van der Waals surface area contributed by atoms with E-state index >= 15 is 0 Å². The summed E-state index contributed by atoms with van der Waals surface area (Å²) in [5.41, 5.74) is 1.95. The molecule has 2 aromatic heterocycles. The molecule has 2 aromatic rings. The van der Waals surface area contributed by atoms with Crippen molar-refractivity contribution in [2.45, 2.75) is 72.6 Å². The highest BCUT2D eigenvalue weighted by molar-refractivity contribution is 5.68. The van der Waals surface area contributed by atoms with E-state index in [0.717, 1.165) is 17.3 Å². The highest BCUT2D eigenvalue weighted by Crippen LogP contribution is 2.25. The van der Waals surface area contributed by atoms with E-state index in [1.807, 2.05) is 32.9 Å². The van der Waals surface area contributed by atoms with Crippen molar-refractivity contribution in [2.75, 3.05) is 10.6 Å². The molecule has 0 bridgehead atoms. The second kappa shape index (κ2) is 10.3. The van der Waals surface area contributed by atoms with Crippen molar-refractivity contribution in [3.05, 3.63) is 41.0 Å². The average Bonchev–Trinajstić information content (AvgIpc) is 2.69. The van der Waals surface area contributed by atoms with Crippen LogP contribution < -0.4 is 16.0 Å². The maximum atomic E-state index is 14.7. The fourth-order valence-electron chi connectivity index (χ4n) is 2.97. The number of halogens is 1. The Kier molecular flexibility index (Phi) is 7.97. The Morgan fingerprint density at radius 2 is 1.97 bits per heavy atom. The van der Waals surface area contributed by atoms with Gasteiger partial charge in [-0.15, -0.1) is 0 Å². The zero-order valence-corrected chi connectivity index (χ0v) is 19.6. The number of pyridine rings is 2. The molecular formula is C23H31FN6O2. The van der Waals surface area contributed by atoms with Gasteiger partial charge in [-0.2, -0.15) is 5.26 Å². The summed E-state index contributed by atoms with van der Waals surface area (Å²) in [6.07, 6.45) is 1.66. The molecule has 0 aliphatic heterocycles. The summed E-state index contributed by atoms with van der Waals surface area (Å²) in [6.45, 7) is 12.9. The summed E-state index contributed by atoms with van der Waals surface area (Å²) in [5, 5.41) is 18.3. The number of anilines is 3. The number of carbonyl (C=O) groups is 1. The molecule has 0 spiro atoms. The quantitative estimate of drug-likeness (QED) is 0.556. The zero-order chi connectivity index (χ0) is 24.1. The molecule has 0 radical (unpaired) electrons. The Balaban J connectivity index is 2.24. The van der Waals surface area contributed by atoms with Gasteiger partial charge in [0.05, 0.1) is 17.4 Å². The van der Waals surface area contributed by atoms with Gasteiger partial charge in [-0.1, -0.05) is 6.92 Å². The number of nitrogens with zero attached hydrogens (tertiary/aromatic N) is 3. The molecule has 2 rings (SSSR count). The third-order valence-electron chi connectivity index (χ3n) is 4.81. The first-order chi connectivity index (χ1) is 14.9. The van der Waals surface area contributed by atoms with Crippen LogP contribution in [0.15, 0.2) is 18.3 Å². The molecule has 8 nitrogen and oxygen atoms in total. The minimum Gasteiger partial charge on any atom is -0.444 e. The number of aryl methyl sites for hydroxylation is 2. The van der Waals surface area contributed by atoms with E-state index in [0.29, 0.717) is 12.1 Å². The number of carbonyl (C=O) groups excluding carboxylic acids is 1. The number of amides is 1. The third kappa shape index (κ3) is 6.80. The van der Waals surface area contributed by atoms with E-state index in [9.17, 15) is 14.4 Å². The van der Waals surface area contributed by atoms with Gasteiger partial charge in [0.2, 0.25) is 0 Å². The van der Waals surface area contributed by atoms with Gasteiger partial charge in [-0.25, -0.2) is 14.2 Å². The van der Waals surface area contributed by atoms with E-state index < -0.39 is 17.5 Å². The fourth-order valence-corrected chi connectivity index (χ4v) is 2.97. The summed E-state index contributed by atoms with van der Waals surface area (Å²) in [4.78, 5) is 20.7. The van der Waals surface area contributed by atoms with Crippen LogP contribution in [-0.4, -0.2) is 33.7 Å². The Hall–Kier alpha value is -3.41. The van der Waals surface area contributed by atoms with Crippen LogP contribution in [0.4, 0.5) is 26.5 Å². The number of nitriles is 1. The van der Waals surface area contributed by atoms with Gasteiger partial charge < -0.3 is 20.7 Å². The first-order valence-corrected chi connectivity index (χ1v) is 10.5. The molecule has 0 saturated heterocycles. The number of ether oxygens (including phenoxy) is 1. The van der Waals surface area contributed by atoms with Gasteiger partial charge in [0.15, 0.2) is 17.5 Å². The van der Waals surface area contributed by atoms with Crippen LogP contribution in [0.5, 0.6) is 0 Å². The van der Waals surface area contributed by atoms with Crippen LogP contribution in [0.2, 0.25) is 0 Å². The summed E-state index contributed by atoms with van der Waals surface area (Å²) in [6, 6.07) is 4.28. The second-order valence-corrected chi connectivity index (χ2v) is 8.67. The first-order valence-electron chi connectivity index (χ1n) is 10.5. The number of alkyl carbamates (subject to hydrolysis) is 1. The molecule has 3 N–H and O–H groups in total. The van der Waals surface area contributed by atoms with Gasteiger partial charge in [0.1, 0.15) is 11.7 Å². The Morgan fingerprint density at radius 1 is 1.28 bits per heavy atom. The monoisotopic (exact) mass is 442 g/mol. The molecule has 0 aromatic carbocycles. The van der Waals surface area contributed by atoms with Gasteiger partial charge in [0, 0.05) is 17.8 Å². The van der Waals surface area contributed by atoms with E-state index in [4.69, 9.17) is 4.74 Å². The predicted molar refractivity (Wildman–Crippen MR) is 122 cm³/mol. The molecule has 0 aliphatic rings. The standard InChI is InChI=1S/C23H31FN6O2/c1-8-19(15(4)27-22(31)32-23(5,6)7)29-21-18(24)10-16(11-25)20(30-21)28-17-9-13(2)14(3)26-12-17/h9-10,12,15,19H,8H2,1-7H3,(H,27,31)(H2,28,29,30)/t15-,19+/m0/s1. The molecule has 2 heterocycles.